The maximum absolute atomic E-state index is 4.50. The van der Waals surface area contributed by atoms with E-state index >= 15 is 0 Å². The Labute approximate surface area is 153 Å². The summed E-state index contributed by atoms with van der Waals surface area (Å²) in [6, 6.07) is 12.8. The number of nitrogens with zero attached hydrogens (tertiary/aromatic N) is 1. The van der Waals surface area contributed by atoms with Crippen molar-refractivity contribution in [3.63, 3.8) is 0 Å². The van der Waals surface area contributed by atoms with E-state index in [-0.39, 0.29) is 0 Å². The number of hydrogen-bond donors (Lipinski definition) is 0. The van der Waals surface area contributed by atoms with Gasteiger partial charge in [0.15, 0.2) is 0 Å². The Hall–Kier alpha value is -2.07. The van der Waals surface area contributed by atoms with Crippen LogP contribution in [0.4, 0.5) is 0 Å². The molecule has 1 heteroatoms. The second-order valence-corrected chi connectivity index (χ2v) is 6.77. The average Bonchev–Trinajstić information content (AvgIpc) is 2.65. The van der Waals surface area contributed by atoms with Gasteiger partial charge in [0, 0.05) is 11.8 Å². The highest BCUT2D eigenvalue weighted by molar-refractivity contribution is 5.41. The lowest BCUT2D eigenvalue weighted by atomic mass is 10.1. The van der Waals surface area contributed by atoms with Crippen molar-refractivity contribution >= 4 is 0 Å². The third-order valence-electron chi connectivity index (χ3n) is 4.47. The molecular formula is C24H31N. The number of aromatic nitrogens is 1. The molecule has 0 spiro atoms. The smallest absolute Gasteiger partial charge is 0.113 e. The Bertz CT molecular complexity index is 656. The molecule has 2 rings (SSSR count). The van der Waals surface area contributed by atoms with Crippen molar-refractivity contribution in [2.24, 2.45) is 0 Å². The van der Waals surface area contributed by atoms with E-state index in [1.807, 2.05) is 12.3 Å². The van der Waals surface area contributed by atoms with Gasteiger partial charge in [-0.15, -0.1) is 0 Å². The van der Waals surface area contributed by atoms with Crippen molar-refractivity contribution in [3.8, 4) is 11.8 Å². The second-order valence-electron chi connectivity index (χ2n) is 6.77. The Kier molecular flexibility index (Phi) is 8.84. The Morgan fingerprint density at radius 1 is 0.680 bits per heavy atom. The van der Waals surface area contributed by atoms with E-state index in [2.05, 4.69) is 61.0 Å². The highest BCUT2D eigenvalue weighted by Gasteiger charge is 1.96. The van der Waals surface area contributed by atoms with Crippen molar-refractivity contribution in [2.45, 2.75) is 71.6 Å². The van der Waals surface area contributed by atoms with Gasteiger partial charge in [-0.25, -0.2) is 4.98 Å². The summed E-state index contributed by atoms with van der Waals surface area (Å²) >= 11 is 0. The minimum absolute atomic E-state index is 0.851. The molecular weight excluding hydrogens is 302 g/mol. The Morgan fingerprint density at radius 2 is 1.40 bits per heavy atom. The molecule has 0 bridgehead atoms. The lowest BCUT2D eigenvalue weighted by Crippen LogP contribution is -1.90. The first-order chi connectivity index (χ1) is 12.3. The highest BCUT2D eigenvalue weighted by atomic mass is 14.7. The molecule has 25 heavy (non-hydrogen) atoms. The summed E-state index contributed by atoms with van der Waals surface area (Å²) in [5.74, 6) is 6.38. The van der Waals surface area contributed by atoms with Gasteiger partial charge in [-0.2, -0.15) is 0 Å². The van der Waals surface area contributed by atoms with Gasteiger partial charge in [0.2, 0.25) is 0 Å². The molecule has 0 saturated carbocycles. The van der Waals surface area contributed by atoms with Crippen LogP contribution >= 0.6 is 0 Å². The maximum atomic E-state index is 4.50. The molecule has 1 heterocycles. The van der Waals surface area contributed by atoms with Crippen LogP contribution in [0.3, 0.4) is 0 Å². The van der Waals surface area contributed by atoms with Crippen molar-refractivity contribution in [3.05, 3.63) is 65.0 Å². The third-order valence-corrected chi connectivity index (χ3v) is 4.47. The first kappa shape index (κ1) is 19.3. The lowest BCUT2D eigenvalue weighted by molar-refractivity contribution is 0.607. The van der Waals surface area contributed by atoms with Gasteiger partial charge in [0.1, 0.15) is 5.69 Å². The molecule has 1 aromatic carbocycles. The molecule has 0 N–H and O–H groups in total. The van der Waals surface area contributed by atoms with Crippen LogP contribution in [0.25, 0.3) is 0 Å². The quantitative estimate of drug-likeness (QED) is 0.385. The predicted octanol–water partition coefficient (Wildman–Crippen LogP) is 6.34. The van der Waals surface area contributed by atoms with E-state index in [1.165, 1.54) is 56.1 Å². The van der Waals surface area contributed by atoms with Crippen LogP contribution in [0, 0.1) is 11.8 Å². The van der Waals surface area contributed by atoms with Gasteiger partial charge in [-0.1, -0.05) is 76.5 Å². The van der Waals surface area contributed by atoms with Crippen LogP contribution < -0.4 is 0 Å². The molecule has 0 saturated heterocycles. The third kappa shape index (κ3) is 7.57. The van der Waals surface area contributed by atoms with Crippen molar-refractivity contribution in [2.75, 3.05) is 0 Å². The average molecular weight is 334 g/mol. The number of hydrogen-bond acceptors (Lipinski definition) is 1. The van der Waals surface area contributed by atoms with E-state index in [1.54, 1.807) is 0 Å². The van der Waals surface area contributed by atoms with E-state index in [0.717, 1.165) is 24.1 Å². The van der Waals surface area contributed by atoms with Gasteiger partial charge in [-0.3, -0.25) is 0 Å². The standard InChI is InChI=1S/C24H31N/c1-3-5-6-7-8-9-11-23-17-19-24(25-20-23)18-16-22-14-12-21(10-4-2)13-15-22/h12-15,17,19-20H,3-11H2,1-2H3. The molecule has 1 aromatic heterocycles. The highest BCUT2D eigenvalue weighted by Crippen LogP contribution is 2.10. The van der Waals surface area contributed by atoms with Crippen LogP contribution in [0.5, 0.6) is 0 Å². The van der Waals surface area contributed by atoms with Gasteiger partial charge >= 0.3 is 0 Å². The van der Waals surface area contributed by atoms with E-state index in [4.69, 9.17) is 0 Å². The van der Waals surface area contributed by atoms with E-state index < -0.39 is 0 Å². The van der Waals surface area contributed by atoms with Gasteiger partial charge in [-0.05, 0) is 54.5 Å². The largest absolute Gasteiger partial charge is 0.248 e. The number of rotatable bonds is 9. The zero-order valence-corrected chi connectivity index (χ0v) is 15.9. The van der Waals surface area contributed by atoms with Crippen LogP contribution in [-0.4, -0.2) is 4.98 Å². The molecule has 0 aliphatic heterocycles. The normalized spacial score (nSPS) is 10.3. The van der Waals surface area contributed by atoms with Crippen molar-refractivity contribution < 1.29 is 0 Å². The Morgan fingerprint density at radius 3 is 2.08 bits per heavy atom. The summed E-state index contributed by atoms with van der Waals surface area (Å²) in [5, 5.41) is 0. The summed E-state index contributed by atoms with van der Waals surface area (Å²) in [4.78, 5) is 4.50. The topological polar surface area (TPSA) is 12.9 Å². The van der Waals surface area contributed by atoms with E-state index in [9.17, 15) is 0 Å². The zero-order chi connectivity index (χ0) is 17.7. The molecule has 0 aliphatic carbocycles. The number of benzene rings is 1. The molecule has 0 unspecified atom stereocenters. The fraction of sp³-hybridized carbons (Fsp3) is 0.458. The van der Waals surface area contributed by atoms with Crippen LogP contribution in [0.2, 0.25) is 0 Å². The fourth-order valence-electron chi connectivity index (χ4n) is 2.94. The second kappa shape index (κ2) is 11.5. The first-order valence-electron chi connectivity index (χ1n) is 9.87. The maximum Gasteiger partial charge on any atom is 0.113 e. The first-order valence-corrected chi connectivity index (χ1v) is 9.87. The van der Waals surface area contributed by atoms with Crippen LogP contribution in [0.1, 0.15) is 81.2 Å². The molecule has 0 fully saturated rings. The number of unbranched alkanes of at least 4 members (excludes halogenated alkanes) is 5. The van der Waals surface area contributed by atoms with E-state index in [0.29, 0.717) is 0 Å². The summed E-state index contributed by atoms with van der Waals surface area (Å²) in [7, 11) is 0. The van der Waals surface area contributed by atoms with Crippen LogP contribution in [-0.2, 0) is 12.8 Å². The van der Waals surface area contributed by atoms with Crippen molar-refractivity contribution in [1.82, 2.24) is 4.98 Å². The molecule has 0 amide bonds. The predicted molar refractivity (Wildman–Crippen MR) is 108 cm³/mol. The molecule has 0 radical (unpaired) electrons. The minimum Gasteiger partial charge on any atom is -0.248 e. The molecule has 0 atom stereocenters. The molecule has 2 aromatic rings. The number of pyridine rings is 1. The van der Waals surface area contributed by atoms with Crippen molar-refractivity contribution in [1.29, 1.82) is 0 Å². The van der Waals surface area contributed by atoms with Crippen LogP contribution in [0.15, 0.2) is 42.6 Å². The molecule has 132 valence electrons. The fourth-order valence-corrected chi connectivity index (χ4v) is 2.94. The summed E-state index contributed by atoms with van der Waals surface area (Å²) in [6.07, 6.45) is 13.5. The Balaban J connectivity index is 1.80. The summed E-state index contributed by atoms with van der Waals surface area (Å²) < 4.78 is 0. The lowest BCUT2D eigenvalue weighted by Gasteiger charge is -2.02. The summed E-state index contributed by atoms with van der Waals surface area (Å²) in [5.41, 5.74) is 4.61. The van der Waals surface area contributed by atoms with Gasteiger partial charge < -0.3 is 0 Å². The monoisotopic (exact) mass is 333 g/mol. The summed E-state index contributed by atoms with van der Waals surface area (Å²) in [6.45, 7) is 4.47. The SMILES string of the molecule is CCCCCCCCc1ccc(C#Cc2ccc(CCC)cc2)nc1. The zero-order valence-electron chi connectivity index (χ0n) is 15.9. The van der Waals surface area contributed by atoms with Gasteiger partial charge in [0.05, 0.1) is 0 Å². The van der Waals surface area contributed by atoms with Gasteiger partial charge in [0.25, 0.3) is 0 Å². The molecule has 0 aliphatic rings. The number of aryl methyl sites for hydroxylation is 2. The minimum atomic E-state index is 0.851. The molecule has 1 nitrogen and oxygen atoms in total.